The molecule has 18 heteroatoms. The number of nitrogens with zero attached hydrogens (tertiary/aromatic N) is 2. The van der Waals surface area contributed by atoms with Gasteiger partial charge in [0, 0.05) is 50.4 Å². The number of nitrogens with one attached hydrogen (secondary N) is 1. The van der Waals surface area contributed by atoms with Crippen LogP contribution in [0.4, 0.5) is 26.3 Å². The number of carbonyl (C=O) groups is 4. The minimum absolute atomic E-state index is 0.00181. The summed E-state index contributed by atoms with van der Waals surface area (Å²) in [5, 5.41) is 14.2. The summed E-state index contributed by atoms with van der Waals surface area (Å²) in [4.78, 5) is 58.8. The van der Waals surface area contributed by atoms with Crippen molar-refractivity contribution in [3.63, 3.8) is 0 Å². The molecule has 1 aromatic heterocycles. The first-order valence-corrected chi connectivity index (χ1v) is 9.65. The molecule has 0 unspecified atom stereocenters. The lowest BCUT2D eigenvalue weighted by atomic mass is 9.72. The van der Waals surface area contributed by atoms with Crippen LogP contribution in [0.5, 0.6) is 0 Å². The van der Waals surface area contributed by atoms with E-state index in [0.29, 0.717) is 31.7 Å². The van der Waals surface area contributed by atoms with Crippen LogP contribution in [0, 0.1) is 5.41 Å². The third-order valence-electron chi connectivity index (χ3n) is 4.79. The summed E-state index contributed by atoms with van der Waals surface area (Å²) in [6, 6.07) is 2.21. The number of carboxylic acid groups (broad SMARTS) is 2. The molecule has 2 saturated heterocycles. The number of hydrogen-bond acceptors (Lipinski definition) is 7. The molecule has 2 aliphatic rings. The van der Waals surface area contributed by atoms with Gasteiger partial charge in [-0.05, 0) is 6.07 Å². The van der Waals surface area contributed by atoms with Gasteiger partial charge in [0.2, 0.25) is 11.5 Å². The highest BCUT2D eigenvalue weighted by atomic mass is 19.4. The van der Waals surface area contributed by atoms with Crippen molar-refractivity contribution in [3.8, 4) is 0 Å². The zero-order chi connectivity index (χ0) is 28.1. The van der Waals surface area contributed by atoms with Gasteiger partial charge in [0.05, 0.1) is 11.6 Å². The molecule has 2 aliphatic heterocycles. The standard InChI is InChI=1S/C14H19N5O3.2C2HF3O2/c15-3-10(16)13(22)19-7-14(8-19)5-18(6-14)12(21)9-1-2-11(20)17-4-9;2*3-2(4,5)1(6)7/h1-2,4,10H,3,5-8,15-16H2,(H,17,20);2*(H,6,7)/t10-;;/m1../s1. The molecule has 3 heterocycles. The number of likely N-dealkylation sites (tertiary alicyclic amines) is 2. The van der Waals surface area contributed by atoms with Crippen molar-refractivity contribution in [2.75, 3.05) is 32.7 Å². The predicted octanol–water partition coefficient (Wildman–Crippen LogP) is -0.788. The molecule has 0 aromatic carbocycles. The number of halogens is 6. The molecule has 0 radical (unpaired) electrons. The predicted molar refractivity (Wildman–Crippen MR) is 106 cm³/mol. The van der Waals surface area contributed by atoms with E-state index in [-0.39, 0.29) is 29.3 Å². The van der Waals surface area contributed by atoms with E-state index in [1.54, 1.807) is 9.80 Å². The number of pyridine rings is 1. The molecule has 202 valence electrons. The second kappa shape index (κ2) is 11.4. The van der Waals surface area contributed by atoms with Crippen LogP contribution in [-0.4, -0.2) is 99.9 Å². The smallest absolute Gasteiger partial charge is 0.475 e. The average Bonchev–Trinajstić information content (AvgIpc) is 2.70. The Morgan fingerprint density at radius 3 is 1.69 bits per heavy atom. The van der Waals surface area contributed by atoms with Gasteiger partial charge in [-0.2, -0.15) is 26.3 Å². The number of hydrogen-bond donors (Lipinski definition) is 5. The lowest BCUT2D eigenvalue weighted by Crippen LogP contribution is -2.74. The number of carboxylic acids is 2. The summed E-state index contributed by atoms with van der Waals surface area (Å²) in [7, 11) is 0. The highest BCUT2D eigenvalue weighted by molar-refractivity contribution is 5.94. The Labute approximate surface area is 197 Å². The zero-order valence-corrected chi connectivity index (χ0v) is 18.1. The number of aliphatic carboxylic acids is 2. The third kappa shape index (κ3) is 8.22. The molecule has 2 fully saturated rings. The van der Waals surface area contributed by atoms with E-state index >= 15 is 0 Å². The SMILES string of the molecule is NC[C@@H](N)C(=O)N1CC2(CN(C(=O)c3ccc(=O)[nH]c3)C2)C1.O=C(O)C(F)(F)F.O=C(O)C(F)(F)F. The molecule has 1 aromatic rings. The molecule has 1 atom stereocenters. The van der Waals surface area contributed by atoms with Gasteiger partial charge in [0.15, 0.2) is 0 Å². The minimum atomic E-state index is -5.08. The normalized spacial score (nSPS) is 16.8. The molecule has 3 rings (SSSR count). The fourth-order valence-electron chi connectivity index (χ4n) is 3.09. The molecular weight excluding hydrogens is 512 g/mol. The van der Waals surface area contributed by atoms with E-state index in [4.69, 9.17) is 31.3 Å². The number of carbonyl (C=O) groups excluding carboxylic acids is 2. The van der Waals surface area contributed by atoms with Crippen LogP contribution in [0.3, 0.4) is 0 Å². The van der Waals surface area contributed by atoms with E-state index in [2.05, 4.69) is 4.98 Å². The van der Waals surface area contributed by atoms with Crippen LogP contribution < -0.4 is 17.0 Å². The van der Waals surface area contributed by atoms with Gasteiger partial charge in [-0.1, -0.05) is 0 Å². The molecule has 2 amide bonds. The van der Waals surface area contributed by atoms with Gasteiger partial charge in [-0.15, -0.1) is 0 Å². The van der Waals surface area contributed by atoms with E-state index in [9.17, 15) is 40.7 Å². The number of H-pyrrole nitrogens is 1. The summed E-state index contributed by atoms with van der Waals surface area (Å²) in [6.07, 6.45) is -8.74. The van der Waals surface area contributed by atoms with Crippen molar-refractivity contribution in [1.29, 1.82) is 0 Å². The first-order chi connectivity index (χ1) is 16.3. The Morgan fingerprint density at radius 1 is 0.944 bits per heavy atom. The van der Waals surface area contributed by atoms with E-state index in [1.807, 2.05) is 0 Å². The molecule has 0 saturated carbocycles. The zero-order valence-electron chi connectivity index (χ0n) is 18.1. The van der Waals surface area contributed by atoms with Gasteiger partial charge in [0.25, 0.3) is 5.91 Å². The molecule has 0 aliphatic carbocycles. The molecule has 1 spiro atoms. The third-order valence-corrected chi connectivity index (χ3v) is 4.79. The van der Waals surface area contributed by atoms with Crippen LogP contribution >= 0.6 is 0 Å². The molecule has 36 heavy (non-hydrogen) atoms. The van der Waals surface area contributed by atoms with Crippen molar-refractivity contribution in [3.05, 3.63) is 34.2 Å². The average molecular weight is 533 g/mol. The second-order valence-corrected chi connectivity index (χ2v) is 7.75. The Bertz CT molecular complexity index is 984. The fourth-order valence-corrected chi connectivity index (χ4v) is 3.09. The number of aromatic amines is 1. The second-order valence-electron chi connectivity index (χ2n) is 7.75. The molecular formula is C18H21F6N5O7. The minimum Gasteiger partial charge on any atom is -0.475 e. The van der Waals surface area contributed by atoms with E-state index < -0.39 is 30.3 Å². The van der Waals surface area contributed by atoms with Gasteiger partial charge < -0.3 is 36.5 Å². The number of rotatable bonds is 3. The molecule has 12 nitrogen and oxygen atoms in total. The Kier molecular flexibility index (Phi) is 9.60. The topological polar surface area (TPSA) is 200 Å². The highest BCUT2D eigenvalue weighted by Gasteiger charge is 2.54. The maximum Gasteiger partial charge on any atom is 0.490 e. The number of alkyl halides is 6. The van der Waals surface area contributed by atoms with Gasteiger partial charge >= 0.3 is 24.3 Å². The number of aromatic nitrogens is 1. The highest BCUT2D eigenvalue weighted by Crippen LogP contribution is 2.40. The van der Waals surface area contributed by atoms with Gasteiger partial charge in [-0.25, -0.2) is 9.59 Å². The van der Waals surface area contributed by atoms with Crippen molar-refractivity contribution >= 4 is 23.8 Å². The van der Waals surface area contributed by atoms with Crippen LogP contribution in [-0.2, 0) is 14.4 Å². The van der Waals surface area contributed by atoms with Crippen molar-refractivity contribution < 1.29 is 55.7 Å². The number of nitrogens with two attached hydrogens (primary N) is 2. The van der Waals surface area contributed by atoms with Crippen LogP contribution in [0.2, 0.25) is 0 Å². The van der Waals surface area contributed by atoms with E-state index in [0.717, 1.165) is 0 Å². The monoisotopic (exact) mass is 533 g/mol. The summed E-state index contributed by atoms with van der Waals surface area (Å²) in [6.45, 7) is 2.61. The summed E-state index contributed by atoms with van der Waals surface area (Å²) < 4.78 is 63.5. The van der Waals surface area contributed by atoms with Gasteiger partial charge in [-0.3, -0.25) is 14.4 Å². The van der Waals surface area contributed by atoms with Crippen molar-refractivity contribution in [2.45, 2.75) is 18.4 Å². The van der Waals surface area contributed by atoms with E-state index in [1.165, 1.54) is 18.3 Å². The Balaban J connectivity index is 0.000000383. The molecule has 0 bridgehead atoms. The maximum atomic E-state index is 12.2. The lowest BCUT2D eigenvalue weighted by molar-refractivity contribution is -0.193. The fraction of sp³-hybridized carbons (Fsp3) is 0.500. The largest absolute Gasteiger partial charge is 0.490 e. The molecule has 7 N–H and O–H groups in total. The number of amides is 2. The van der Waals surface area contributed by atoms with Crippen molar-refractivity contribution in [1.82, 2.24) is 14.8 Å². The van der Waals surface area contributed by atoms with Crippen molar-refractivity contribution in [2.24, 2.45) is 16.9 Å². The summed E-state index contributed by atoms with van der Waals surface area (Å²) in [5.74, 6) is -5.75. The summed E-state index contributed by atoms with van der Waals surface area (Å²) in [5.41, 5.74) is 11.3. The first-order valence-electron chi connectivity index (χ1n) is 9.65. The summed E-state index contributed by atoms with van der Waals surface area (Å²) >= 11 is 0. The van der Waals surface area contributed by atoms with Crippen LogP contribution in [0.25, 0.3) is 0 Å². The van der Waals surface area contributed by atoms with Crippen LogP contribution in [0.15, 0.2) is 23.1 Å². The van der Waals surface area contributed by atoms with Crippen LogP contribution in [0.1, 0.15) is 10.4 Å². The Morgan fingerprint density at radius 2 is 1.36 bits per heavy atom. The van der Waals surface area contributed by atoms with Gasteiger partial charge in [0.1, 0.15) is 0 Å². The lowest BCUT2D eigenvalue weighted by Gasteiger charge is -2.60. The Hall–Kier alpha value is -3.67. The maximum absolute atomic E-state index is 12.2. The first kappa shape index (κ1) is 30.4. The quantitative estimate of drug-likeness (QED) is 0.309.